The topological polar surface area (TPSA) is 80.3 Å². The van der Waals surface area contributed by atoms with E-state index in [4.69, 9.17) is 4.74 Å². The molecule has 2 N–H and O–H groups in total. The van der Waals surface area contributed by atoms with E-state index in [-0.39, 0.29) is 23.7 Å². The summed E-state index contributed by atoms with van der Waals surface area (Å²) < 4.78 is 5.13. The van der Waals surface area contributed by atoms with Gasteiger partial charge in [-0.15, -0.1) is 0 Å². The molecule has 6 nitrogen and oxygen atoms in total. The number of amides is 2. The van der Waals surface area contributed by atoms with Gasteiger partial charge in [-0.1, -0.05) is 12.1 Å². The van der Waals surface area contributed by atoms with Crippen molar-refractivity contribution >= 4 is 17.5 Å². The number of nitrogens with zero attached hydrogens (tertiary/aromatic N) is 1. The van der Waals surface area contributed by atoms with Crippen molar-refractivity contribution in [2.24, 2.45) is 11.8 Å². The molecule has 2 amide bonds. The molecule has 1 heterocycles. The van der Waals surface area contributed by atoms with Gasteiger partial charge in [0.05, 0.1) is 18.9 Å². The summed E-state index contributed by atoms with van der Waals surface area (Å²) in [6.07, 6.45) is 3.97. The highest BCUT2D eigenvalue weighted by molar-refractivity contribution is 5.99. The smallest absolute Gasteiger partial charge is 0.228 e. The van der Waals surface area contributed by atoms with Gasteiger partial charge >= 0.3 is 0 Å². The third-order valence-electron chi connectivity index (χ3n) is 3.99. The highest BCUT2D eigenvalue weighted by Gasteiger charge is 2.47. The van der Waals surface area contributed by atoms with Crippen molar-refractivity contribution in [2.45, 2.75) is 13.0 Å². The Labute approximate surface area is 140 Å². The summed E-state index contributed by atoms with van der Waals surface area (Å²) >= 11 is 0. The lowest BCUT2D eigenvalue weighted by atomic mass is 10.2. The second-order valence-corrected chi connectivity index (χ2v) is 5.75. The van der Waals surface area contributed by atoms with Gasteiger partial charge in [0.1, 0.15) is 5.75 Å². The molecule has 1 aliphatic rings. The Bertz CT molecular complexity index is 733. The molecule has 1 saturated carbocycles. The lowest BCUT2D eigenvalue weighted by molar-refractivity contribution is -0.125. The maximum absolute atomic E-state index is 12.2. The van der Waals surface area contributed by atoms with E-state index in [9.17, 15) is 9.59 Å². The van der Waals surface area contributed by atoms with Crippen LogP contribution in [0.2, 0.25) is 0 Å². The van der Waals surface area contributed by atoms with E-state index in [0.29, 0.717) is 24.4 Å². The van der Waals surface area contributed by atoms with Crippen molar-refractivity contribution in [1.82, 2.24) is 10.3 Å². The molecule has 2 aromatic rings. The predicted octanol–water partition coefficient (Wildman–Crippen LogP) is 1.98. The van der Waals surface area contributed by atoms with Gasteiger partial charge in [0, 0.05) is 30.7 Å². The fraction of sp³-hybridized carbons (Fsp3) is 0.278. The van der Waals surface area contributed by atoms with E-state index in [1.165, 1.54) is 0 Å². The largest absolute Gasteiger partial charge is 0.497 e. The van der Waals surface area contributed by atoms with Gasteiger partial charge in [0.25, 0.3) is 0 Å². The first-order chi connectivity index (χ1) is 11.7. The first kappa shape index (κ1) is 16.0. The summed E-state index contributed by atoms with van der Waals surface area (Å²) in [5.74, 6) is -0.0823. The number of pyridine rings is 1. The monoisotopic (exact) mass is 325 g/mol. The van der Waals surface area contributed by atoms with Gasteiger partial charge in [0.15, 0.2) is 0 Å². The predicted molar refractivity (Wildman–Crippen MR) is 89.3 cm³/mol. The van der Waals surface area contributed by atoms with Crippen LogP contribution in [0.5, 0.6) is 5.75 Å². The van der Waals surface area contributed by atoms with Crippen molar-refractivity contribution in [3.05, 3.63) is 54.4 Å². The van der Waals surface area contributed by atoms with Crippen LogP contribution >= 0.6 is 0 Å². The molecule has 1 fully saturated rings. The Hall–Kier alpha value is -2.89. The molecule has 24 heavy (non-hydrogen) atoms. The van der Waals surface area contributed by atoms with Crippen molar-refractivity contribution in [2.75, 3.05) is 12.4 Å². The highest BCUT2D eigenvalue weighted by atomic mass is 16.5. The summed E-state index contributed by atoms with van der Waals surface area (Å²) in [6.45, 7) is 0.424. The van der Waals surface area contributed by atoms with Crippen molar-refractivity contribution < 1.29 is 14.3 Å². The molecule has 1 aromatic heterocycles. The van der Waals surface area contributed by atoms with Crippen LogP contribution in [-0.4, -0.2) is 23.9 Å². The summed E-state index contributed by atoms with van der Waals surface area (Å²) in [5, 5.41) is 5.68. The number of benzene rings is 1. The van der Waals surface area contributed by atoms with Gasteiger partial charge in [0.2, 0.25) is 11.8 Å². The standard InChI is InChI=1S/C18H19N3O3/c1-24-14-6-2-5-13(8-14)21-18(23)16-9-15(16)17(22)20-11-12-4-3-7-19-10-12/h2-8,10,15-16H,9,11H2,1H3,(H,20,22)(H,21,23). The molecule has 0 saturated heterocycles. The summed E-state index contributed by atoms with van der Waals surface area (Å²) in [5.41, 5.74) is 1.60. The SMILES string of the molecule is COc1cccc(NC(=O)C2CC2C(=O)NCc2cccnc2)c1. The Kier molecular flexibility index (Phi) is 4.74. The van der Waals surface area contributed by atoms with Gasteiger partial charge in [-0.05, 0) is 30.2 Å². The van der Waals surface area contributed by atoms with Crippen LogP contribution < -0.4 is 15.4 Å². The lowest BCUT2D eigenvalue weighted by Crippen LogP contribution is -2.27. The van der Waals surface area contributed by atoms with E-state index in [0.717, 1.165) is 5.56 Å². The number of carbonyl (C=O) groups is 2. The fourth-order valence-electron chi connectivity index (χ4n) is 2.53. The zero-order valence-corrected chi connectivity index (χ0v) is 13.4. The number of carbonyl (C=O) groups excluding carboxylic acids is 2. The zero-order chi connectivity index (χ0) is 16.9. The van der Waals surface area contributed by atoms with Gasteiger partial charge in [-0.2, -0.15) is 0 Å². The number of aromatic nitrogens is 1. The number of nitrogens with one attached hydrogen (secondary N) is 2. The summed E-state index contributed by atoms with van der Waals surface area (Å²) in [4.78, 5) is 28.3. The molecule has 124 valence electrons. The molecule has 0 spiro atoms. The number of anilines is 1. The molecule has 0 bridgehead atoms. The first-order valence-corrected chi connectivity index (χ1v) is 7.79. The Morgan fingerprint density at radius 2 is 2.04 bits per heavy atom. The third kappa shape index (κ3) is 3.90. The van der Waals surface area contributed by atoms with E-state index < -0.39 is 0 Å². The van der Waals surface area contributed by atoms with Crippen LogP contribution in [-0.2, 0) is 16.1 Å². The van der Waals surface area contributed by atoms with Crippen molar-refractivity contribution in [1.29, 1.82) is 0 Å². The molecule has 1 aromatic carbocycles. The fourth-order valence-corrected chi connectivity index (χ4v) is 2.53. The van der Waals surface area contributed by atoms with Gasteiger partial charge in [-0.3, -0.25) is 14.6 Å². The van der Waals surface area contributed by atoms with Crippen LogP contribution in [0.3, 0.4) is 0 Å². The Morgan fingerprint density at radius 3 is 2.79 bits per heavy atom. The minimum Gasteiger partial charge on any atom is -0.497 e. The average Bonchev–Trinajstić information content (AvgIpc) is 3.42. The van der Waals surface area contributed by atoms with Crippen LogP contribution in [0.1, 0.15) is 12.0 Å². The number of rotatable bonds is 6. The van der Waals surface area contributed by atoms with Gasteiger partial charge < -0.3 is 15.4 Å². The molecule has 1 aliphatic carbocycles. The van der Waals surface area contributed by atoms with Crippen molar-refractivity contribution in [3.8, 4) is 5.75 Å². The molecular weight excluding hydrogens is 306 g/mol. The Morgan fingerprint density at radius 1 is 1.21 bits per heavy atom. The minimum atomic E-state index is -0.273. The molecule has 2 atom stereocenters. The maximum atomic E-state index is 12.2. The third-order valence-corrected chi connectivity index (χ3v) is 3.99. The van der Waals surface area contributed by atoms with E-state index >= 15 is 0 Å². The number of hydrogen-bond donors (Lipinski definition) is 2. The number of methoxy groups -OCH3 is 1. The van der Waals surface area contributed by atoms with E-state index in [1.807, 2.05) is 18.2 Å². The zero-order valence-electron chi connectivity index (χ0n) is 13.4. The first-order valence-electron chi connectivity index (χ1n) is 7.79. The molecule has 0 aliphatic heterocycles. The van der Waals surface area contributed by atoms with E-state index in [1.54, 1.807) is 37.7 Å². The lowest BCUT2D eigenvalue weighted by Gasteiger charge is -2.07. The number of hydrogen-bond acceptors (Lipinski definition) is 4. The molecule has 3 rings (SSSR count). The quantitative estimate of drug-likeness (QED) is 0.851. The van der Waals surface area contributed by atoms with Crippen LogP contribution in [0.4, 0.5) is 5.69 Å². The Balaban J connectivity index is 1.49. The molecular formula is C18H19N3O3. The van der Waals surface area contributed by atoms with E-state index in [2.05, 4.69) is 15.6 Å². The minimum absolute atomic E-state index is 0.0929. The van der Waals surface area contributed by atoms with Crippen LogP contribution in [0.25, 0.3) is 0 Å². The molecule has 6 heteroatoms. The van der Waals surface area contributed by atoms with Crippen molar-refractivity contribution in [3.63, 3.8) is 0 Å². The van der Waals surface area contributed by atoms with Gasteiger partial charge in [-0.25, -0.2) is 0 Å². The second-order valence-electron chi connectivity index (χ2n) is 5.75. The number of ether oxygens (including phenoxy) is 1. The normalized spacial score (nSPS) is 18.5. The summed E-state index contributed by atoms with van der Waals surface area (Å²) in [7, 11) is 1.57. The second kappa shape index (κ2) is 7.12. The van der Waals surface area contributed by atoms with Crippen LogP contribution in [0.15, 0.2) is 48.8 Å². The van der Waals surface area contributed by atoms with Crippen LogP contribution in [0, 0.1) is 11.8 Å². The summed E-state index contributed by atoms with van der Waals surface area (Å²) in [6, 6.07) is 10.9. The molecule has 0 radical (unpaired) electrons. The highest BCUT2D eigenvalue weighted by Crippen LogP contribution is 2.39. The maximum Gasteiger partial charge on any atom is 0.228 e. The average molecular weight is 325 g/mol. The molecule has 2 unspecified atom stereocenters.